The van der Waals surface area contributed by atoms with Crippen LogP contribution >= 0.6 is 0 Å². The van der Waals surface area contributed by atoms with Gasteiger partial charge in [-0.15, -0.1) is 0 Å². The summed E-state index contributed by atoms with van der Waals surface area (Å²) in [5.41, 5.74) is 3.36. The van der Waals surface area contributed by atoms with Gasteiger partial charge in [0, 0.05) is 34.5 Å². The van der Waals surface area contributed by atoms with Gasteiger partial charge in [0.1, 0.15) is 11.5 Å². The van der Waals surface area contributed by atoms with Crippen molar-refractivity contribution in [3.8, 4) is 22.6 Å². The van der Waals surface area contributed by atoms with Crippen molar-refractivity contribution >= 4 is 21.7 Å². The van der Waals surface area contributed by atoms with Gasteiger partial charge in [-0.05, 0) is 29.8 Å². The van der Waals surface area contributed by atoms with Crippen molar-refractivity contribution in [2.45, 2.75) is 13.0 Å². The number of nitrogens with zero attached hydrogens (tertiary/aromatic N) is 3. The summed E-state index contributed by atoms with van der Waals surface area (Å²) in [7, 11) is 3.22. The maximum atomic E-state index is 13.5. The third-order valence-electron chi connectivity index (χ3n) is 5.82. The van der Waals surface area contributed by atoms with Crippen molar-refractivity contribution in [3.05, 3.63) is 95.0 Å². The quantitative estimate of drug-likeness (QED) is 0.379. The molecule has 2 heterocycles. The summed E-state index contributed by atoms with van der Waals surface area (Å²) >= 11 is 0. The fourth-order valence-corrected chi connectivity index (χ4v) is 4.10. The lowest BCUT2D eigenvalue weighted by molar-refractivity contribution is 0.395. The van der Waals surface area contributed by atoms with E-state index in [9.17, 15) is 4.79 Å². The summed E-state index contributed by atoms with van der Waals surface area (Å²) < 4.78 is 12.4. The molecular weight excluding hydrogens is 414 g/mol. The second-order valence-electron chi connectivity index (χ2n) is 7.75. The molecule has 0 atom stereocenters. The smallest absolute Gasteiger partial charge is 0.275 e. The molecule has 0 saturated carbocycles. The van der Waals surface area contributed by atoms with E-state index in [1.807, 2.05) is 66.7 Å². The van der Waals surface area contributed by atoms with Crippen LogP contribution in [0.4, 0.5) is 0 Å². The topological polar surface area (TPSA) is 66.2 Å². The van der Waals surface area contributed by atoms with Gasteiger partial charge in [-0.2, -0.15) is 5.10 Å². The lowest BCUT2D eigenvalue weighted by Crippen LogP contribution is -2.24. The second-order valence-corrected chi connectivity index (χ2v) is 7.75. The Morgan fingerprint density at radius 1 is 0.848 bits per heavy atom. The predicted molar refractivity (Wildman–Crippen MR) is 130 cm³/mol. The predicted octanol–water partition coefficient (Wildman–Crippen LogP) is 4.87. The molecule has 164 valence electrons. The maximum Gasteiger partial charge on any atom is 0.275 e. The Morgan fingerprint density at radius 3 is 2.55 bits per heavy atom. The third-order valence-corrected chi connectivity index (χ3v) is 5.82. The minimum Gasteiger partial charge on any atom is -0.497 e. The van der Waals surface area contributed by atoms with Gasteiger partial charge in [0.05, 0.1) is 37.9 Å². The standard InChI is InChI=1S/C27H23N3O3/c1-32-21-12-13-22(25(16-21)33-2)23-8-5-7-19-17-28-30(27(31)26(19)23)15-14-20-11-10-18-6-3-4-9-24(18)29-20/h3-13,16-17H,14-15H2,1-2H3. The Hall–Kier alpha value is -4.19. The molecule has 5 rings (SSSR count). The first-order valence-electron chi connectivity index (χ1n) is 10.7. The Labute approximate surface area is 191 Å². The van der Waals surface area contributed by atoms with E-state index in [2.05, 4.69) is 11.2 Å². The summed E-state index contributed by atoms with van der Waals surface area (Å²) in [6.07, 6.45) is 2.35. The molecule has 0 aliphatic rings. The maximum absolute atomic E-state index is 13.5. The van der Waals surface area contributed by atoms with Gasteiger partial charge >= 0.3 is 0 Å². The molecule has 0 N–H and O–H groups in total. The zero-order valence-electron chi connectivity index (χ0n) is 18.5. The van der Waals surface area contributed by atoms with Crippen molar-refractivity contribution in [2.75, 3.05) is 14.2 Å². The van der Waals surface area contributed by atoms with Gasteiger partial charge in [0.25, 0.3) is 5.56 Å². The Morgan fingerprint density at radius 2 is 1.70 bits per heavy atom. The first-order chi connectivity index (χ1) is 16.2. The second kappa shape index (κ2) is 8.74. The van der Waals surface area contributed by atoms with Crippen molar-refractivity contribution in [3.63, 3.8) is 0 Å². The zero-order chi connectivity index (χ0) is 22.8. The molecule has 0 aliphatic carbocycles. The average Bonchev–Trinajstić information content (AvgIpc) is 2.87. The summed E-state index contributed by atoms with van der Waals surface area (Å²) in [4.78, 5) is 18.2. The number of aromatic nitrogens is 3. The number of methoxy groups -OCH3 is 2. The van der Waals surface area contributed by atoms with E-state index >= 15 is 0 Å². The molecule has 6 nitrogen and oxygen atoms in total. The van der Waals surface area contributed by atoms with E-state index < -0.39 is 0 Å². The van der Waals surface area contributed by atoms with Gasteiger partial charge in [-0.25, -0.2) is 4.68 Å². The highest BCUT2D eigenvalue weighted by molar-refractivity contribution is 5.97. The first kappa shape index (κ1) is 20.7. The van der Waals surface area contributed by atoms with Gasteiger partial charge < -0.3 is 9.47 Å². The molecule has 33 heavy (non-hydrogen) atoms. The van der Waals surface area contributed by atoms with Crippen LogP contribution < -0.4 is 15.0 Å². The van der Waals surface area contributed by atoms with E-state index in [0.717, 1.165) is 33.1 Å². The molecule has 0 amide bonds. The van der Waals surface area contributed by atoms with Crippen molar-refractivity contribution < 1.29 is 9.47 Å². The van der Waals surface area contributed by atoms with Gasteiger partial charge in [-0.1, -0.05) is 42.5 Å². The molecule has 0 aliphatic heterocycles. The number of pyridine rings is 1. The number of hydrogen-bond acceptors (Lipinski definition) is 5. The summed E-state index contributed by atoms with van der Waals surface area (Å²) in [5.74, 6) is 1.34. The number of aryl methyl sites for hydroxylation is 2. The zero-order valence-corrected chi connectivity index (χ0v) is 18.5. The number of ether oxygens (including phenoxy) is 2. The van der Waals surface area contributed by atoms with Crippen molar-refractivity contribution in [1.29, 1.82) is 0 Å². The van der Waals surface area contributed by atoms with E-state index in [-0.39, 0.29) is 5.56 Å². The normalized spacial score (nSPS) is 11.1. The van der Waals surface area contributed by atoms with Crippen LogP contribution in [0.1, 0.15) is 5.69 Å². The number of rotatable bonds is 6. The van der Waals surface area contributed by atoms with Crippen LogP contribution in [0, 0.1) is 0 Å². The monoisotopic (exact) mass is 437 g/mol. The molecule has 0 radical (unpaired) electrons. The molecule has 3 aromatic carbocycles. The SMILES string of the molecule is COc1ccc(-c2cccc3cnn(CCc4ccc5ccccc5n4)c(=O)c23)c(OC)c1. The number of fused-ring (bicyclic) bond motifs is 2. The van der Waals surface area contributed by atoms with Crippen LogP contribution in [0.5, 0.6) is 11.5 Å². The lowest BCUT2D eigenvalue weighted by atomic mass is 9.99. The number of para-hydroxylation sites is 1. The molecule has 0 spiro atoms. The highest BCUT2D eigenvalue weighted by Crippen LogP contribution is 2.36. The summed E-state index contributed by atoms with van der Waals surface area (Å²) in [6.45, 7) is 0.439. The van der Waals surface area contributed by atoms with Gasteiger partial charge in [0.15, 0.2) is 0 Å². The minimum absolute atomic E-state index is 0.137. The summed E-state index contributed by atoms with van der Waals surface area (Å²) in [6, 6.07) is 23.4. The van der Waals surface area contributed by atoms with Crippen molar-refractivity contribution in [2.24, 2.45) is 0 Å². The molecule has 0 bridgehead atoms. The lowest BCUT2D eigenvalue weighted by Gasteiger charge is -2.13. The van der Waals surface area contributed by atoms with E-state index in [0.29, 0.717) is 29.9 Å². The van der Waals surface area contributed by atoms with E-state index in [4.69, 9.17) is 14.5 Å². The molecule has 6 heteroatoms. The van der Waals surface area contributed by atoms with Crippen LogP contribution in [0.3, 0.4) is 0 Å². The molecule has 5 aromatic rings. The van der Waals surface area contributed by atoms with Crippen LogP contribution in [0.2, 0.25) is 0 Å². The number of benzene rings is 3. The van der Waals surface area contributed by atoms with Gasteiger partial charge in [0.2, 0.25) is 0 Å². The largest absolute Gasteiger partial charge is 0.497 e. The van der Waals surface area contributed by atoms with E-state index in [1.165, 1.54) is 4.68 Å². The van der Waals surface area contributed by atoms with Crippen molar-refractivity contribution in [1.82, 2.24) is 14.8 Å². The van der Waals surface area contributed by atoms with Crippen LogP contribution in [-0.2, 0) is 13.0 Å². The molecule has 2 aromatic heterocycles. The highest BCUT2D eigenvalue weighted by atomic mass is 16.5. The summed E-state index contributed by atoms with van der Waals surface area (Å²) in [5, 5.41) is 6.91. The third kappa shape index (κ3) is 3.91. The first-order valence-corrected chi connectivity index (χ1v) is 10.7. The highest BCUT2D eigenvalue weighted by Gasteiger charge is 2.15. The Kier molecular flexibility index (Phi) is 5.48. The molecule has 0 saturated heterocycles. The molecule has 0 unspecified atom stereocenters. The van der Waals surface area contributed by atoms with Crippen LogP contribution in [-0.4, -0.2) is 29.0 Å². The van der Waals surface area contributed by atoms with Crippen LogP contribution in [0.15, 0.2) is 83.8 Å². The minimum atomic E-state index is -0.137. The fourth-order valence-electron chi connectivity index (χ4n) is 4.10. The Balaban J connectivity index is 1.54. The van der Waals surface area contributed by atoms with Gasteiger partial charge in [-0.3, -0.25) is 9.78 Å². The Bertz CT molecular complexity index is 1520. The van der Waals surface area contributed by atoms with E-state index in [1.54, 1.807) is 20.4 Å². The molecular formula is C27H23N3O3. The molecule has 0 fully saturated rings. The number of hydrogen-bond donors (Lipinski definition) is 0. The van der Waals surface area contributed by atoms with Crippen LogP contribution in [0.25, 0.3) is 32.8 Å². The fraction of sp³-hybridized carbons (Fsp3) is 0.148. The average molecular weight is 437 g/mol.